The predicted octanol–water partition coefficient (Wildman–Crippen LogP) is 9.15. The van der Waals surface area contributed by atoms with E-state index in [1.165, 1.54) is 20.1 Å². The van der Waals surface area contributed by atoms with Gasteiger partial charge in [-0.2, -0.15) is 26.3 Å². The van der Waals surface area contributed by atoms with Crippen LogP contribution in [0.5, 0.6) is 5.75 Å². The van der Waals surface area contributed by atoms with E-state index in [0.29, 0.717) is 28.8 Å². The summed E-state index contributed by atoms with van der Waals surface area (Å²) in [6.45, 7) is 4.40. The average Bonchev–Trinajstić information content (AvgIpc) is 3.15. The smallest absolute Gasteiger partial charge is 0.416 e. The molecule has 1 heterocycles. The first-order valence-electron chi connectivity index (χ1n) is 13.1. The van der Waals surface area contributed by atoms with Gasteiger partial charge < -0.3 is 9.47 Å². The summed E-state index contributed by atoms with van der Waals surface area (Å²) >= 11 is 0. The number of cyclic esters (lactones) is 1. The molecular formula is C29H28F9NO3. The normalized spacial score (nSPS) is 21.3. The van der Waals surface area contributed by atoms with Crippen LogP contribution in [0.4, 0.5) is 44.3 Å². The topological polar surface area (TPSA) is 38.8 Å². The fraction of sp³-hybridized carbons (Fsp3) is 0.483. The SMILES string of the molecule is COc1cc(F)c(C(C)C)cc1C1=C(CN2C(=O)OC(c3cc(C(F)(F)F)cc(C(F)(F)F)c3)C2C)CC(F)(F)CC1. The summed E-state index contributed by atoms with van der Waals surface area (Å²) < 4.78 is 135. The summed E-state index contributed by atoms with van der Waals surface area (Å²) in [6, 6.07) is 2.45. The zero-order valence-corrected chi connectivity index (χ0v) is 23.0. The van der Waals surface area contributed by atoms with Crippen LogP contribution in [0.1, 0.15) is 79.9 Å². The van der Waals surface area contributed by atoms with E-state index in [-0.39, 0.29) is 29.7 Å². The summed E-state index contributed by atoms with van der Waals surface area (Å²) in [5.74, 6) is -3.87. The Morgan fingerprint density at radius 2 is 1.62 bits per heavy atom. The number of halogens is 9. The van der Waals surface area contributed by atoms with E-state index in [4.69, 9.17) is 9.47 Å². The highest BCUT2D eigenvalue weighted by Gasteiger charge is 2.45. The van der Waals surface area contributed by atoms with Crippen LogP contribution in [0.15, 0.2) is 35.9 Å². The highest BCUT2D eigenvalue weighted by atomic mass is 19.4. The molecule has 4 rings (SSSR count). The van der Waals surface area contributed by atoms with Crippen LogP contribution in [0.2, 0.25) is 0 Å². The van der Waals surface area contributed by atoms with Gasteiger partial charge in [0.1, 0.15) is 17.7 Å². The highest BCUT2D eigenvalue weighted by Crippen LogP contribution is 2.46. The minimum Gasteiger partial charge on any atom is -0.496 e. The molecule has 4 nitrogen and oxygen atoms in total. The fourth-order valence-electron chi connectivity index (χ4n) is 5.40. The molecule has 0 aromatic heterocycles. The van der Waals surface area contributed by atoms with Gasteiger partial charge in [-0.15, -0.1) is 0 Å². The highest BCUT2D eigenvalue weighted by molar-refractivity contribution is 5.77. The molecule has 1 aliphatic heterocycles. The molecule has 2 aliphatic rings. The molecule has 2 aromatic rings. The van der Waals surface area contributed by atoms with Crippen molar-refractivity contribution in [2.75, 3.05) is 13.7 Å². The van der Waals surface area contributed by atoms with E-state index in [9.17, 15) is 44.3 Å². The van der Waals surface area contributed by atoms with Crippen molar-refractivity contribution in [2.45, 2.75) is 76.4 Å². The van der Waals surface area contributed by atoms with E-state index < -0.39 is 78.4 Å². The molecule has 1 saturated heterocycles. The third kappa shape index (κ3) is 6.34. The number of alkyl halides is 8. The summed E-state index contributed by atoms with van der Waals surface area (Å²) in [6.07, 6.45) is -14.3. The van der Waals surface area contributed by atoms with Gasteiger partial charge in [-0.05, 0) is 65.8 Å². The van der Waals surface area contributed by atoms with Crippen LogP contribution in [0, 0.1) is 5.82 Å². The van der Waals surface area contributed by atoms with Crippen molar-refractivity contribution in [3.8, 4) is 5.75 Å². The van der Waals surface area contributed by atoms with Crippen LogP contribution in [0.25, 0.3) is 5.57 Å². The average molecular weight is 610 g/mol. The minimum atomic E-state index is -5.11. The molecule has 1 aliphatic carbocycles. The van der Waals surface area contributed by atoms with Crippen molar-refractivity contribution in [2.24, 2.45) is 0 Å². The molecule has 230 valence electrons. The van der Waals surface area contributed by atoms with Crippen LogP contribution < -0.4 is 4.74 Å². The predicted molar refractivity (Wildman–Crippen MR) is 135 cm³/mol. The van der Waals surface area contributed by atoms with Crippen molar-refractivity contribution in [1.29, 1.82) is 0 Å². The first kappa shape index (κ1) is 31.6. The van der Waals surface area contributed by atoms with Crippen molar-refractivity contribution in [1.82, 2.24) is 4.90 Å². The Morgan fingerprint density at radius 3 is 2.14 bits per heavy atom. The number of hydrogen-bond donors (Lipinski definition) is 0. The van der Waals surface area contributed by atoms with E-state index in [0.717, 1.165) is 11.0 Å². The lowest BCUT2D eigenvalue weighted by Crippen LogP contribution is -2.36. The van der Waals surface area contributed by atoms with Gasteiger partial charge >= 0.3 is 18.4 Å². The zero-order chi connectivity index (χ0) is 31.4. The van der Waals surface area contributed by atoms with E-state index in [2.05, 4.69) is 0 Å². The van der Waals surface area contributed by atoms with E-state index in [1.807, 2.05) is 0 Å². The number of carbonyl (C=O) groups excluding carboxylic acids is 1. The molecular weight excluding hydrogens is 581 g/mol. The Labute approximate surface area is 236 Å². The number of methoxy groups -OCH3 is 1. The molecule has 0 spiro atoms. The van der Waals surface area contributed by atoms with E-state index >= 15 is 0 Å². The fourth-order valence-corrected chi connectivity index (χ4v) is 5.40. The molecule has 2 unspecified atom stereocenters. The summed E-state index contributed by atoms with van der Waals surface area (Å²) in [7, 11) is 1.29. The molecule has 0 radical (unpaired) electrons. The van der Waals surface area contributed by atoms with Crippen molar-refractivity contribution < 1.29 is 53.8 Å². The summed E-state index contributed by atoms with van der Waals surface area (Å²) in [5.41, 5.74) is -2.53. The number of hydrogen-bond acceptors (Lipinski definition) is 3. The van der Waals surface area contributed by atoms with Crippen LogP contribution in [-0.2, 0) is 17.1 Å². The van der Waals surface area contributed by atoms with Gasteiger partial charge in [0.15, 0.2) is 0 Å². The molecule has 2 aromatic carbocycles. The lowest BCUT2D eigenvalue weighted by Gasteiger charge is -2.31. The van der Waals surface area contributed by atoms with Gasteiger partial charge in [0.2, 0.25) is 0 Å². The molecule has 2 atom stereocenters. The second-order valence-electron chi connectivity index (χ2n) is 10.9. The van der Waals surface area contributed by atoms with Crippen molar-refractivity contribution >= 4 is 11.7 Å². The Balaban J connectivity index is 1.76. The van der Waals surface area contributed by atoms with Gasteiger partial charge in [0.25, 0.3) is 5.92 Å². The second kappa shape index (κ2) is 11.0. The molecule has 1 amide bonds. The van der Waals surface area contributed by atoms with Gasteiger partial charge in [0.05, 0.1) is 24.3 Å². The Bertz CT molecular complexity index is 1360. The lowest BCUT2D eigenvalue weighted by atomic mass is 9.83. The van der Waals surface area contributed by atoms with Crippen LogP contribution in [-0.4, -0.2) is 36.6 Å². The second-order valence-corrected chi connectivity index (χ2v) is 10.9. The zero-order valence-electron chi connectivity index (χ0n) is 23.0. The number of allylic oxidation sites excluding steroid dienone is 1. The minimum absolute atomic E-state index is 0.0363. The molecule has 13 heteroatoms. The molecule has 0 saturated carbocycles. The van der Waals surface area contributed by atoms with Crippen molar-refractivity contribution in [3.05, 3.63) is 69.5 Å². The third-order valence-corrected chi connectivity index (χ3v) is 7.60. The maximum Gasteiger partial charge on any atom is 0.416 e. The molecule has 1 fully saturated rings. The molecule has 0 bridgehead atoms. The number of rotatable bonds is 6. The molecule has 42 heavy (non-hydrogen) atoms. The standard InChI is InChI=1S/C29H28F9NO3/c1-14(2)21-10-22(24(41-4)11-23(21)30)20-5-6-27(31,32)12-17(20)13-39-15(3)25(42-26(39)40)16-7-18(28(33,34)35)9-19(8-16)29(36,37)38/h7-11,14-15,25H,5-6,12-13H2,1-4H3. The number of benzene rings is 2. The molecule has 0 N–H and O–H groups in total. The Hall–Kier alpha value is -3.38. The maximum atomic E-state index is 14.7. The monoisotopic (exact) mass is 609 g/mol. The largest absolute Gasteiger partial charge is 0.496 e. The Morgan fingerprint density at radius 1 is 1.02 bits per heavy atom. The van der Waals surface area contributed by atoms with Gasteiger partial charge in [-0.3, -0.25) is 4.90 Å². The maximum absolute atomic E-state index is 14.7. The van der Waals surface area contributed by atoms with Crippen LogP contribution >= 0.6 is 0 Å². The first-order valence-corrected chi connectivity index (χ1v) is 13.1. The Kier molecular flexibility index (Phi) is 8.29. The number of ether oxygens (including phenoxy) is 2. The summed E-state index contributed by atoms with van der Waals surface area (Å²) in [4.78, 5) is 13.9. The number of carbonyl (C=O) groups is 1. The van der Waals surface area contributed by atoms with E-state index in [1.54, 1.807) is 13.8 Å². The quantitative estimate of drug-likeness (QED) is 0.307. The number of amides is 1. The van der Waals surface area contributed by atoms with Gasteiger partial charge in [-0.1, -0.05) is 13.8 Å². The third-order valence-electron chi connectivity index (χ3n) is 7.60. The number of nitrogens with zero attached hydrogens (tertiary/aromatic N) is 1. The summed E-state index contributed by atoms with van der Waals surface area (Å²) in [5, 5.41) is 0. The lowest BCUT2D eigenvalue weighted by molar-refractivity contribution is -0.143. The van der Waals surface area contributed by atoms with Gasteiger partial charge in [-0.25, -0.2) is 18.0 Å². The van der Waals surface area contributed by atoms with Gasteiger partial charge in [0, 0.05) is 31.0 Å². The first-order chi connectivity index (χ1) is 19.3. The van der Waals surface area contributed by atoms with Crippen LogP contribution in [0.3, 0.4) is 0 Å². The van der Waals surface area contributed by atoms with Crippen molar-refractivity contribution in [3.63, 3.8) is 0 Å².